The first-order valence-electron chi connectivity index (χ1n) is 6.20. The summed E-state index contributed by atoms with van der Waals surface area (Å²) in [5, 5.41) is -0.263. The van der Waals surface area contributed by atoms with Gasteiger partial charge in [0.05, 0.1) is 5.25 Å². The van der Waals surface area contributed by atoms with Crippen LogP contribution >= 0.6 is 11.6 Å². The van der Waals surface area contributed by atoms with Crippen LogP contribution in [0.2, 0.25) is 0 Å². The van der Waals surface area contributed by atoms with Crippen LogP contribution in [0.1, 0.15) is 37.4 Å². The summed E-state index contributed by atoms with van der Waals surface area (Å²) in [7, 11) is -3.38. The Morgan fingerprint density at radius 3 is 2.78 bits per heavy atom. The van der Waals surface area contributed by atoms with Gasteiger partial charge in [-0.1, -0.05) is 0 Å². The van der Waals surface area contributed by atoms with E-state index in [1.54, 1.807) is 6.92 Å². The van der Waals surface area contributed by atoms with E-state index in [-0.39, 0.29) is 5.03 Å². The van der Waals surface area contributed by atoms with Crippen LogP contribution < -0.4 is 0 Å². The number of hydrogen-bond donors (Lipinski definition) is 0. The molecule has 1 atom stereocenters. The first-order chi connectivity index (χ1) is 8.57. The van der Waals surface area contributed by atoms with Gasteiger partial charge >= 0.3 is 0 Å². The van der Waals surface area contributed by atoms with Crippen molar-refractivity contribution in [3.8, 4) is 0 Å². The Morgan fingerprint density at radius 2 is 2.06 bits per heavy atom. The molecule has 1 heterocycles. The molecule has 0 radical (unpaired) electrons. The van der Waals surface area contributed by atoms with E-state index in [9.17, 15) is 8.42 Å². The molecule has 0 bridgehead atoms. The van der Waals surface area contributed by atoms with Gasteiger partial charge in [-0.25, -0.2) is 18.4 Å². The molecule has 0 fully saturated rings. The molecular formula is C12H17ClN2O2S. The summed E-state index contributed by atoms with van der Waals surface area (Å²) in [6.45, 7) is 1.69. The summed E-state index contributed by atoms with van der Waals surface area (Å²) in [5.74, 6) is 0.341. The lowest BCUT2D eigenvalue weighted by atomic mass is 9.98. The molecule has 0 spiro atoms. The minimum atomic E-state index is -3.38. The maximum absolute atomic E-state index is 12.4. The molecule has 0 saturated carbocycles. The van der Waals surface area contributed by atoms with Gasteiger partial charge in [0.2, 0.25) is 0 Å². The molecule has 1 aromatic heterocycles. The molecule has 1 unspecified atom stereocenters. The molecule has 6 heteroatoms. The standard InChI is InChI=1S/C12H17ClN2O2S/c1-9(6-7-13)18(16,17)12-10-4-2-3-5-11(10)14-8-15-12/h8-9H,2-7H2,1H3. The summed E-state index contributed by atoms with van der Waals surface area (Å²) in [4.78, 5) is 8.22. The normalized spacial score (nSPS) is 17.2. The molecule has 0 saturated heterocycles. The van der Waals surface area contributed by atoms with Crippen molar-refractivity contribution in [2.24, 2.45) is 0 Å². The molecule has 1 aliphatic carbocycles. The van der Waals surface area contributed by atoms with E-state index < -0.39 is 15.1 Å². The van der Waals surface area contributed by atoms with E-state index in [1.807, 2.05) is 0 Å². The fourth-order valence-electron chi connectivity index (χ4n) is 2.24. The van der Waals surface area contributed by atoms with E-state index in [4.69, 9.17) is 11.6 Å². The molecule has 0 aromatic carbocycles. The third kappa shape index (κ3) is 2.52. The minimum Gasteiger partial charge on any atom is -0.241 e. The summed E-state index contributed by atoms with van der Waals surface area (Å²) >= 11 is 5.64. The Kier molecular flexibility index (Phi) is 4.22. The average molecular weight is 289 g/mol. The molecule has 18 heavy (non-hydrogen) atoms. The number of rotatable bonds is 4. The van der Waals surface area contributed by atoms with E-state index >= 15 is 0 Å². The number of alkyl halides is 1. The highest BCUT2D eigenvalue weighted by atomic mass is 35.5. The highest BCUT2D eigenvalue weighted by molar-refractivity contribution is 7.92. The number of fused-ring (bicyclic) bond motifs is 1. The van der Waals surface area contributed by atoms with Crippen LogP contribution in [-0.4, -0.2) is 29.5 Å². The van der Waals surface area contributed by atoms with Gasteiger partial charge in [-0.3, -0.25) is 0 Å². The molecule has 0 N–H and O–H groups in total. The van der Waals surface area contributed by atoms with E-state index in [0.717, 1.165) is 36.9 Å². The second kappa shape index (κ2) is 5.53. The van der Waals surface area contributed by atoms with Gasteiger partial charge in [0.25, 0.3) is 0 Å². The van der Waals surface area contributed by atoms with Gasteiger partial charge < -0.3 is 0 Å². The van der Waals surface area contributed by atoms with E-state index in [1.165, 1.54) is 6.33 Å². The van der Waals surface area contributed by atoms with Gasteiger partial charge in [-0.05, 0) is 39.0 Å². The van der Waals surface area contributed by atoms with Gasteiger partial charge in [0.1, 0.15) is 6.33 Å². The Morgan fingerprint density at radius 1 is 1.33 bits per heavy atom. The van der Waals surface area contributed by atoms with Crippen molar-refractivity contribution >= 4 is 21.4 Å². The second-order valence-electron chi connectivity index (χ2n) is 4.64. The minimum absolute atomic E-state index is 0.227. The van der Waals surface area contributed by atoms with Crippen LogP contribution in [0.4, 0.5) is 0 Å². The van der Waals surface area contributed by atoms with Crippen LogP contribution in [0.5, 0.6) is 0 Å². The third-order valence-electron chi connectivity index (χ3n) is 3.40. The van der Waals surface area contributed by atoms with Crippen LogP contribution in [0.25, 0.3) is 0 Å². The number of aromatic nitrogens is 2. The smallest absolute Gasteiger partial charge is 0.198 e. The number of halogens is 1. The van der Waals surface area contributed by atoms with Gasteiger partial charge in [-0.15, -0.1) is 11.6 Å². The van der Waals surface area contributed by atoms with Crippen molar-refractivity contribution in [1.82, 2.24) is 9.97 Å². The predicted octanol–water partition coefficient (Wildman–Crippen LogP) is 2.15. The zero-order chi connectivity index (χ0) is 13.2. The maximum atomic E-state index is 12.4. The molecule has 1 aliphatic rings. The van der Waals surface area contributed by atoms with Crippen LogP contribution in [0, 0.1) is 0 Å². The topological polar surface area (TPSA) is 59.9 Å². The summed E-state index contributed by atoms with van der Waals surface area (Å²) in [6, 6.07) is 0. The molecule has 100 valence electrons. The number of nitrogens with zero attached hydrogens (tertiary/aromatic N) is 2. The van der Waals surface area contributed by atoms with Gasteiger partial charge in [-0.2, -0.15) is 0 Å². The van der Waals surface area contributed by atoms with Crippen molar-refractivity contribution in [3.05, 3.63) is 17.6 Å². The third-order valence-corrected chi connectivity index (χ3v) is 5.80. The number of aryl methyl sites for hydroxylation is 1. The molecular weight excluding hydrogens is 272 g/mol. The highest BCUT2D eigenvalue weighted by Crippen LogP contribution is 2.27. The maximum Gasteiger partial charge on any atom is 0.198 e. The highest BCUT2D eigenvalue weighted by Gasteiger charge is 2.29. The Hall–Kier alpha value is -0.680. The lowest BCUT2D eigenvalue weighted by Crippen LogP contribution is -2.23. The molecule has 4 nitrogen and oxygen atoms in total. The fraction of sp³-hybridized carbons (Fsp3) is 0.667. The van der Waals surface area contributed by atoms with Crippen molar-refractivity contribution in [2.75, 3.05) is 5.88 Å². The molecule has 1 aromatic rings. The molecule has 0 amide bonds. The Bertz CT molecular complexity index is 531. The van der Waals surface area contributed by atoms with Crippen molar-refractivity contribution in [3.63, 3.8) is 0 Å². The number of sulfone groups is 1. The largest absolute Gasteiger partial charge is 0.241 e. The van der Waals surface area contributed by atoms with Crippen LogP contribution in [0.15, 0.2) is 11.4 Å². The van der Waals surface area contributed by atoms with Gasteiger partial charge in [0, 0.05) is 17.1 Å². The summed E-state index contributed by atoms with van der Waals surface area (Å²) in [5.41, 5.74) is 1.72. The quantitative estimate of drug-likeness (QED) is 0.629. The Balaban J connectivity index is 2.45. The van der Waals surface area contributed by atoms with Crippen LogP contribution in [-0.2, 0) is 22.7 Å². The van der Waals surface area contributed by atoms with Crippen LogP contribution in [0.3, 0.4) is 0 Å². The van der Waals surface area contributed by atoms with Crippen molar-refractivity contribution in [2.45, 2.75) is 49.3 Å². The zero-order valence-electron chi connectivity index (χ0n) is 10.4. The monoisotopic (exact) mass is 288 g/mol. The van der Waals surface area contributed by atoms with E-state index in [2.05, 4.69) is 9.97 Å². The van der Waals surface area contributed by atoms with Gasteiger partial charge in [0.15, 0.2) is 14.9 Å². The average Bonchev–Trinajstić information content (AvgIpc) is 2.38. The summed E-state index contributed by atoms with van der Waals surface area (Å²) < 4.78 is 24.9. The Labute approximate surface area is 113 Å². The molecule has 0 aliphatic heterocycles. The zero-order valence-corrected chi connectivity index (χ0v) is 12.0. The SMILES string of the molecule is CC(CCCl)S(=O)(=O)c1ncnc2c1CCCC2. The second-order valence-corrected chi connectivity index (χ2v) is 7.30. The fourth-order valence-corrected chi connectivity index (χ4v) is 4.26. The first kappa shape index (κ1) is 13.7. The van der Waals surface area contributed by atoms with E-state index in [0.29, 0.717) is 12.3 Å². The summed E-state index contributed by atoms with van der Waals surface area (Å²) in [6.07, 6.45) is 5.50. The molecule has 2 rings (SSSR count). The predicted molar refractivity (Wildman–Crippen MR) is 70.7 cm³/mol. The van der Waals surface area contributed by atoms with Crippen molar-refractivity contribution in [1.29, 1.82) is 0 Å². The lowest BCUT2D eigenvalue weighted by Gasteiger charge is -2.19. The van der Waals surface area contributed by atoms with Crippen molar-refractivity contribution < 1.29 is 8.42 Å². The first-order valence-corrected chi connectivity index (χ1v) is 8.28. The lowest BCUT2D eigenvalue weighted by molar-refractivity contribution is 0.568. The number of hydrogen-bond acceptors (Lipinski definition) is 4.